The van der Waals surface area contributed by atoms with E-state index in [4.69, 9.17) is 23.7 Å². The third-order valence-electron chi connectivity index (χ3n) is 3.52. The summed E-state index contributed by atoms with van der Waals surface area (Å²) >= 11 is 0. The van der Waals surface area contributed by atoms with Crippen LogP contribution in [0.3, 0.4) is 0 Å². The highest BCUT2D eigenvalue weighted by Gasteiger charge is 2.16. The Hall–Kier alpha value is -3.16. The summed E-state index contributed by atoms with van der Waals surface area (Å²) in [5, 5.41) is 11.5. The standard InChI is InChI=1S/C17H19NO7/c1-22-10-8-14(23-2)11(15(9-10)24-3)6-7-18-16(19)12-4-5-13(25-12)17(20)21/h4-5,8-9H,6-7H2,1-3H3,(H,18,19)(H,20,21). The molecule has 1 heterocycles. The zero-order chi connectivity index (χ0) is 18.4. The topological polar surface area (TPSA) is 107 Å². The molecule has 0 unspecified atom stereocenters. The Balaban J connectivity index is 2.05. The van der Waals surface area contributed by atoms with Crippen LogP contribution in [-0.4, -0.2) is 44.9 Å². The van der Waals surface area contributed by atoms with Crippen LogP contribution in [0.4, 0.5) is 0 Å². The van der Waals surface area contributed by atoms with E-state index in [1.165, 1.54) is 26.4 Å². The number of carboxylic acids is 1. The van der Waals surface area contributed by atoms with E-state index in [-0.39, 0.29) is 18.1 Å². The quantitative estimate of drug-likeness (QED) is 0.750. The van der Waals surface area contributed by atoms with Crippen molar-refractivity contribution in [2.24, 2.45) is 0 Å². The number of hydrogen-bond donors (Lipinski definition) is 2. The number of carboxylic acid groups (broad SMARTS) is 1. The number of aromatic carboxylic acids is 1. The summed E-state index contributed by atoms with van der Waals surface area (Å²) in [5.74, 6) is -0.327. The number of rotatable bonds is 8. The van der Waals surface area contributed by atoms with Crippen LogP contribution in [0.5, 0.6) is 17.2 Å². The first-order chi connectivity index (χ1) is 12.0. The van der Waals surface area contributed by atoms with Crippen LogP contribution < -0.4 is 19.5 Å². The summed E-state index contributed by atoms with van der Waals surface area (Å²) in [4.78, 5) is 22.8. The number of benzene rings is 1. The largest absolute Gasteiger partial charge is 0.496 e. The maximum absolute atomic E-state index is 12.0. The molecule has 0 bridgehead atoms. The SMILES string of the molecule is COc1cc(OC)c(CCNC(=O)c2ccc(C(=O)O)o2)c(OC)c1. The minimum absolute atomic E-state index is 0.0638. The molecule has 25 heavy (non-hydrogen) atoms. The minimum atomic E-state index is -1.23. The second kappa shape index (κ2) is 8.09. The molecule has 0 atom stereocenters. The van der Waals surface area contributed by atoms with Gasteiger partial charge in [0.15, 0.2) is 5.76 Å². The molecular formula is C17H19NO7. The first kappa shape index (κ1) is 18.2. The van der Waals surface area contributed by atoms with Gasteiger partial charge in [-0.15, -0.1) is 0 Å². The van der Waals surface area contributed by atoms with Crippen LogP contribution in [0.2, 0.25) is 0 Å². The second-order valence-electron chi connectivity index (χ2n) is 4.99. The minimum Gasteiger partial charge on any atom is -0.496 e. The van der Waals surface area contributed by atoms with Crippen LogP contribution in [0.15, 0.2) is 28.7 Å². The molecule has 1 aromatic carbocycles. The molecule has 0 saturated heterocycles. The summed E-state index contributed by atoms with van der Waals surface area (Å²) in [7, 11) is 4.61. The van der Waals surface area contributed by atoms with Crippen molar-refractivity contribution in [2.75, 3.05) is 27.9 Å². The van der Waals surface area contributed by atoms with E-state index in [0.29, 0.717) is 23.7 Å². The summed E-state index contributed by atoms with van der Waals surface area (Å²) in [6.45, 7) is 0.279. The fourth-order valence-corrected chi connectivity index (χ4v) is 2.29. The van der Waals surface area contributed by atoms with E-state index in [0.717, 1.165) is 5.56 Å². The molecule has 0 aliphatic rings. The molecule has 2 rings (SSSR count). The average molecular weight is 349 g/mol. The lowest BCUT2D eigenvalue weighted by Crippen LogP contribution is -2.25. The molecule has 1 aromatic heterocycles. The number of hydrogen-bond acceptors (Lipinski definition) is 6. The molecule has 8 nitrogen and oxygen atoms in total. The van der Waals surface area contributed by atoms with E-state index >= 15 is 0 Å². The van der Waals surface area contributed by atoms with E-state index in [2.05, 4.69) is 5.32 Å². The Kier molecular flexibility index (Phi) is 5.89. The highest BCUT2D eigenvalue weighted by atomic mass is 16.5. The fraction of sp³-hybridized carbons (Fsp3) is 0.294. The van der Waals surface area contributed by atoms with Gasteiger partial charge in [0.2, 0.25) is 5.76 Å². The molecule has 1 amide bonds. The van der Waals surface area contributed by atoms with Gasteiger partial charge in [-0.25, -0.2) is 4.79 Å². The van der Waals surface area contributed by atoms with Crippen molar-refractivity contribution >= 4 is 11.9 Å². The number of carbonyl (C=O) groups is 2. The molecule has 2 N–H and O–H groups in total. The van der Waals surface area contributed by atoms with Crippen LogP contribution in [-0.2, 0) is 6.42 Å². The fourth-order valence-electron chi connectivity index (χ4n) is 2.29. The van der Waals surface area contributed by atoms with Crippen molar-refractivity contribution in [1.82, 2.24) is 5.32 Å². The number of methoxy groups -OCH3 is 3. The maximum atomic E-state index is 12.0. The molecule has 0 spiro atoms. The molecule has 0 fully saturated rings. The van der Waals surface area contributed by atoms with E-state index in [1.807, 2.05) is 0 Å². The summed E-state index contributed by atoms with van der Waals surface area (Å²) in [5.41, 5.74) is 0.775. The Morgan fingerprint density at radius 1 is 1.04 bits per heavy atom. The molecule has 0 aliphatic heterocycles. The zero-order valence-electron chi connectivity index (χ0n) is 14.1. The third kappa shape index (κ3) is 4.23. The summed E-state index contributed by atoms with van der Waals surface area (Å²) in [6, 6.07) is 6.00. The predicted molar refractivity (Wildman–Crippen MR) is 87.8 cm³/mol. The van der Waals surface area contributed by atoms with E-state index in [9.17, 15) is 9.59 Å². The van der Waals surface area contributed by atoms with Crippen molar-refractivity contribution in [3.05, 3.63) is 41.3 Å². The molecule has 134 valence electrons. The second-order valence-corrected chi connectivity index (χ2v) is 4.99. The van der Waals surface area contributed by atoms with Crippen LogP contribution >= 0.6 is 0 Å². The Labute approximate surface area is 144 Å². The number of carbonyl (C=O) groups excluding carboxylic acids is 1. The number of nitrogens with one attached hydrogen (secondary N) is 1. The van der Waals surface area contributed by atoms with Gasteiger partial charge < -0.3 is 29.1 Å². The lowest BCUT2D eigenvalue weighted by molar-refractivity contribution is 0.0659. The first-order valence-electron chi connectivity index (χ1n) is 7.40. The third-order valence-corrected chi connectivity index (χ3v) is 3.52. The summed E-state index contributed by atoms with van der Waals surface area (Å²) in [6.07, 6.45) is 0.439. The molecule has 8 heteroatoms. The Bertz CT molecular complexity index is 741. The van der Waals surface area contributed by atoms with E-state index in [1.54, 1.807) is 19.2 Å². The highest BCUT2D eigenvalue weighted by Crippen LogP contribution is 2.34. The van der Waals surface area contributed by atoms with Gasteiger partial charge in [-0.1, -0.05) is 0 Å². The van der Waals surface area contributed by atoms with Crippen LogP contribution in [0, 0.1) is 0 Å². The number of furan rings is 1. The van der Waals surface area contributed by atoms with Gasteiger partial charge in [0, 0.05) is 24.2 Å². The molecule has 2 aromatic rings. The molecule has 0 saturated carbocycles. The van der Waals surface area contributed by atoms with Gasteiger partial charge in [0.25, 0.3) is 5.91 Å². The molecule has 0 radical (unpaired) electrons. The zero-order valence-corrected chi connectivity index (χ0v) is 14.1. The van der Waals surface area contributed by atoms with Crippen LogP contribution in [0.25, 0.3) is 0 Å². The van der Waals surface area contributed by atoms with Crippen molar-refractivity contribution in [1.29, 1.82) is 0 Å². The van der Waals surface area contributed by atoms with Gasteiger partial charge in [-0.2, -0.15) is 0 Å². The van der Waals surface area contributed by atoms with Crippen molar-refractivity contribution in [2.45, 2.75) is 6.42 Å². The van der Waals surface area contributed by atoms with Gasteiger partial charge in [-0.05, 0) is 18.6 Å². The molecule has 0 aliphatic carbocycles. The van der Waals surface area contributed by atoms with Crippen molar-refractivity contribution in [3.8, 4) is 17.2 Å². The normalized spacial score (nSPS) is 10.2. The smallest absolute Gasteiger partial charge is 0.371 e. The maximum Gasteiger partial charge on any atom is 0.371 e. The van der Waals surface area contributed by atoms with Crippen molar-refractivity contribution < 1.29 is 33.3 Å². The lowest BCUT2D eigenvalue weighted by atomic mass is 10.1. The Morgan fingerprint density at radius 2 is 1.64 bits per heavy atom. The van der Waals surface area contributed by atoms with Gasteiger partial charge in [-0.3, -0.25) is 4.79 Å². The van der Waals surface area contributed by atoms with E-state index < -0.39 is 11.9 Å². The predicted octanol–water partition coefficient (Wildman–Crippen LogP) is 1.98. The first-order valence-corrected chi connectivity index (χ1v) is 7.40. The lowest BCUT2D eigenvalue weighted by Gasteiger charge is -2.15. The molecular weight excluding hydrogens is 330 g/mol. The average Bonchev–Trinajstić information content (AvgIpc) is 3.11. The Morgan fingerprint density at radius 3 is 2.12 bits per heavy atom. The monoisotopic (exact) mass is 349 g/mol. The summed E-state index contributed by atoms with van der Waals surface area (Å²) < 4.78 is 20.8. The van der Waals surface area contributed by atoms with Gasteiger partial charge in [0.1, 0.15) is 17.2 Å². The number of ether oxygens (including phenoxy) is 3. The van der Waals surface area contributed by atoms with Gasteiger partial charge >= 0.3 is 5.97 Å². The van der Waals surface area contributed by atoms with Crippen LogP contribution in [0.1, 0.15) is 26.7 Å². The highest BCUT2D eigenvalue weighted by molar-refractivity contribution is 5.93. The van der Waals surface area contributed by atoms with Gasteiger partial charge in [0.05, 0.1) is 21.3 Å². The number of amides is 1. The van der Waals surface area contributed by atoms with Crippen molar-refractivity contribution in [3.63, 3.8) is 0 Å².